The molecule has 0 saturated carbocycles. The Labute approximate surface area is 151 Å². The van der Waals surface area contributed by atoms with Gasteiger partial charge in [0.05, 0.1) is 6.33 Å². The van der Waals surface area contributed by atoms with Crippen LogP contribution in [0.4, 0.5) is 0 Å². The Morgan fingerprint density at radius 1 is 1.27 bits per heavy atom. The van der Waals surface area contributed by atoms with Crippen LogP contribution in [0.15, 0.2) is 15.9 Å². The number of fused-ring (bicyclic) bond motifs is 1. The van der Waals surface area contributed by atoms with Crippen molar-refractivity contribution in [2.24, 2.45) is 14.1 Å². The third-order valence-corrected chi connectivity index (χ3v) is 5.06. The lowest BCUT2D eigenvalue weighted by Gasteiger charge is -2.34. The van der Waals surface area contributed by atoms with E-state index in [1.807, 2.05) is 4.90 Å². The summed E-state index contributed by atoms with van der Waals surface area (Å²) < 4.78 is 3.93. The molecule has 1 N–H and O–H groups in total. The van der Waals surface area contributed by atoms with E-state index >= 15 is 0 Å². The Balaban J connectivity index is 1.93. The summed E-state index contributed by atoms with van der Waals surface area (Å²) in [7, 11) is 3.00. The van der Waals surface area contributed by atoms with Crippen molar-refractivity contribution in [2.45, 2.75) is 38.8 Å². The number of carbonyl (C=O) groups excluding carboxylic acids is 1. The first kappa shape index (κ1) is 18.4. The Kier molecular flexibility index (Phi) is 5.26. The molecule has 3 rings (SSSR count). The van der Waals surface area contributed by atoms with Gasteiger partial charge in [-0.2, -0.15) is 0 Å². The molecule has 1 fully saturated rings. The minimum atomic E-state index is -0.433. The number of carbonyl (C=O) groups is 1. The van der Waals surface area contributed by atoms with Crippen LogP contribution in [-0.4, -0.2) is 55.2 Å². The fourth-order valence-electron chi connectivity index (χ4n) is 3.62. The second kappa shape index (κ2) is 7.45. The highest BCUT2D eigenvalue weighted by Crippen LogP contribution is 2.14. The van der Waals surface area contributed by atoms with Gasteiger partial charge in [-0.3, -0.25) is 18.7 Å². The molecule has 0 aromatic carbocycles. The zero-order valence-corrected chi connectivity index (χ0v) is 15.6. The van der Waals surface area contributed by atoms with Crippen LogP contribution in [0.25, 0.3) is 11.2 Å². The number of piperidine rings is 1. The maximum Gasteiger partial charge on any atom is 0.332 e. The van der Waals surface area contributed by atoms with Crippen molar-refractivity contribution in [3.05, 3.63) is 27.2 Å². The van der Waals surface area contributed by atoms with Crippen LogP contribution in [0.5, 0.6) is 0 Å². The lowest BCUT2D eigenvalue weighted by atomic mass is 10.0. The van der Waals surface area contributed by atoms with E-state index in [-0.39, 0.29) is 24.0 Å². The maximum atomic E-state index is 13.0. The van der Waals surface area contributed by atoms with Crippen LogP contribution in [0.3, 0.4) is 0 Å². The summed E-state index contributed by atoms with van der Waals surface area (Å²) in [6.07, 6.45) is 4.23. The number of amides is 1. The summed E-state index contributed by atoms with van der Waals surface area (Å²) in [6.45, 7) is 4.63. The van der Waals surface area contributed by atoms with E-state index in [9.17, 15) is 14.4 Å². The predicted molar refractivity (Wildman–Crippen MR) is 98.1 cm³/mol. The average molecular weight is 362 g/mol. The molecular formula is C17H26N6O3. The highest BCUT2D eigenvalue weighted by atomic mass is 16.2. The molecule has 0 atom stereocenters. The Morgan fingerprint density at radius 2 is 1.96 bits per heavy atom. The molecule has 1 saturated heterocycles. The summed E-state index contributed by atoms with van der Waals surface area (Å²) in [5.41, 5.74) is -0.279. The molecule has 0 radical (unpaired) electrons. The van der Waals surface area contributed by atoms with Gasteiger partial charge in [0, 0.05) is 26.7 Å². The van der Waals surface area contributed by atoms with Crippen LogP contribution >= 0.6 is 0 Å². The van der Waals surface area contributed by atoms with E-state index in [2.05, 4.69) is 17.2 Å². The minimum absolute atomic E-state index is 0.0195. The fourth-order valence-corrected chi connectivity index (χ4v) is 3.62. The minimum Gasteiger partial charge on any atom is -0.338 e. The standard InChI is InChI=1S/C17H26N6O3/c1-4-9-23(12-5-7-18-8-6-12)13(24)10-22-11-19-15-14(22)16(25)21(3)17(26)20(15)2/h11-12,18H,4-10H2,1-3H3. The molecule has 1 aliphatic rings. The molecule has 1 amide bonds. The molecule has 0 aliphatic carbocycles. The van der Waals surface area contributed by atoms with Gasteiger partial charge in [-0.05, 0) is 32.4 Å². The van der Waals surface area contributed by atoms with Gasteiger partial charge >= 0.3 is 5.69 Å². The summed E-state index contributed by atoms with van der Waals surface area (Å²) in [6, 6.07) is 0.227. The lowest BCUT2D eigenvalue weighted by molar-refractivity contribution is -0.134. The van der Waals surface area contributed by atoms with Crippen LogP contribution in [-0.2, 0) is 25.4 Å². The van der Waals surface area contributed by atoms with E-state index in [4.69, 9.17) is 0 Å². The number of hydrogen-bond acceptors (Lipinski definition) is 5. The topological polar surface area (TPSA) is 94.2 Å². The second-order valence-corrected chi connectivity index (χ2v) is 6.82. The number of aryl methyl sites for hydroxylation is 1. The number of nitrogens with zero attached hydrogens (tertiary/aromatic N) is 5. The van der Waals surface area contributed by atoms with Crippen LogP contribution < -0.4 is 16.6 Å². The highest BCUT2D eigenvalue weighted by molar-refractivity contribution is 5.79. The van der Waals surface area contributed by atoms with E-state index in [0.29, 0.717) is 12.2 Å². The van der Waals surface area contributed by atoms with Gasteiger partial charge in [0.25, 0.3) is 5.56 Å². The first-order chi connectivity index (χ1) is 12.5. The van der Waals surface area contributed by atoms with Gasteiger partial charge in [0.1, 0.15) is 6.54 Å². The normalized spacial score (nSPS) is 15.5. The molecule has 9 nitrogen and oxygen atoms in total. The van der Waals surface area contributed by atoms with E-state index in [1.54, 1.807) is 11.6 Å². The quantitative estimate of drug-likeness (QED) is 0.768. The van der Waals surface area contributed by atoms with Crippen molar-refractivity contribution in [3.63, 3.8) is 0 Å². The van der Waals surface area contributed by atoms with Crippen molar-refractivity contribution in [1.29, 1.82) is 0 Å². The van der Waals surface area contributed by atoms with Gasteiger partial charge in [0.15, 0.2) is 11.2 Å². The van der Waals surface area contributed by atoms with E-state index in [1.165, 1.54) is 17.9 Å². The molecule has 0 bridgehead atoms. The predicted octanol–water partition coefficient (Wildman–Crippen LogP) is -0.576. The monoisotopic (exact) mass is 362 g/mol. The van der Waals surface area contributed by atoms with E-state index < -0.39 is 11.2 Å². The molecule has 1 aliphatic heterocycles. The number of hydrogen-bond donors (Lipinski definition) is 1. The van der Waals surface area contributed by atoms with Gasteiger partial charge in [-0.15, -0.1) is 0 Å². The van der Waals surface area contributed by atoms with Gasteiger partial charge in [-0.1, -0.05) is 6.92 Å². The highest BCUT2D eigenvalue weighted by Gasteiger charge is 2.25. The third-order valence-electron chi connectivity index (χ3n) is 5.06. The summed E-state index contributed by atoms with van der Waals surface area (Å²) in [4.78, 5) is 43.6. The molecule has 2 aromatic heterocycles. The van der Waals surface area contributed by atoms with Crippen molar-refractivity contribution in [1.82, 2.24) is 28.9 Å². The van der Waals surface area contributed by atoms with E-state index in [0.717, 1.165) is 36.9 Å². The molecule has 3 heterocycles. The molecule has 142 valence electrons. The maximum absolute atomic E-state index is 13.0. The number of imidazole rings is 1. The third kappa shape index (κ3) is 3.18. The van der Waals surface area contributed by atoms with Crippen molar-refractivity contribution in [2.75, 3.05) is 19.6 Å². The summed E-state index contributed by atoms with van der Waals surface area (Å²) in [5, 5.41) is 3.32. The number of rotatable bonds is 5. The van der Waals surface area contributed by atoms with Gasteiger partial charge < -0.3 is 14.8 Å². The lowest BCUT2D eigenvalue weighted by Crippen LogP contribution is -2.47. The molecule has 9 heteroatoms. The van der Waals surface area contributed by atoms with Crippen molar-refractivity contribution in [3.8, 4) is 0 Å². The molecular weight excluding hydrogens is 336 g/mol. The van der Waals surface area contributed by atoms with Crippen LogP contribution in [0, 0.1) is 0 Å². The van der Waals surface area contributed by atoms with Crippen molar-refractivity contribution >= 4 is 17.1 Å². The number of aromatic nitrogens is 4. The van der Waals surface area contributed by atoms with Crippen LogP contribution in [0.1, 0.15) is 26.2 Å². The average Bonchev–Trinajstić information content (AvgIpc) is 3.07. The molecule has 0 unspecified atom stereocenters. The Morgan fingerprint density at radius 3 is 2.62 bits per heavy atom. The zero-order chi connectivity index (χ0) is 18.8. The molecule has 0 spiro atoms. The van der Waals surface area contributed by atoms with Crippen LogP contribution in [0.2, 0.25) is 0 Å². The molecule has 26 heavy (non-hydrogen) atoms. The van der Waals surface area contributed by atoms with Gasteiger partial charge in [-0.25, -0.2) is 9.78 Å². The SMILES string of the molecule is CCCN(C(=O)Cn1cnc2c1c(=O)n(C)c(=O)n2C)C1CCNCC1. The summed E-state index contributed by atoms with van der Waals surface area (Å²) >= 11 is 0. The smallest absolute Gasteiger partial charge is 0.332 e. The zero-order valence-electron chi connectivity index (χ0n) is 15.6. The Bertz CT molecular complexity index is 919. The first-order valence-electron chi connectivity index (χ1n) is 9.06. The van der Waals surface area contributed by atoms with Gasteiger partial charge in [0.2, 0.25) is 5.91 Å². The summed E-state index contributed by atoms with van der Waals surface area (Å²) in [5.74, 6) is -0.0195. The number of nitrogens with one attached hydrogen (secondary N) is 1. The largest absolute Gasteiger partial charge is 0.338 e. The second-order valence-electron chi connectivity index (χ2n) is 6.82. The molecule has 2 aromatic rings. The Hall–Kier alpha value is -2.42. The fraction of sp³-hybridized carbons (Fsp3) is 0.647. The van der Waals surface area contributed by atoms with Crippen molar-refractivity contribution < 1.29 is 4.79 Å². The first-order valence-corrected chi connectivity index (χ1v) is 9.06.